The number of aromatic nitrogens is 2. The fourth-order valence-electron chi connectivity index (χ4n) is 2.68. The number of carbonyl (C=O) groups is 1. The van der Waals surface area contributed by atoms with Gasteiger partial charge in [-0.1, -0.05) is 6.07 Å². The minimum Gasteiger partial charge on any atom is -0.379 e. The predicted molar refractivity (Wildman–Crippen MR) is 90.9 cm³/mol. The number of hydrogen-bond acceptors (Lipinski definition) is 5. The Bertz CT molecular complexity index is 727. The van der Waals surface area contributed by atoms with Crippen molar-refractivity contribution in [3.63, 3.8) is 0 Å². The molecule has 2 atom stereocenters. The van der Waals surface area contributed by atoms with Gasteiger partial charge in [-0.25, -0.2) is 0 Å². The molecule has 1 fully saturated rings. The average Bonchev–Trinajstić information content (AvgIpc) is 2.64. The van der Waals surface area contributed by atoms with Crippen LogP contribution in [-0.2, 0) is 27.4 Å². The van der Waals surface area contributed by atoms with Crippen LogP contribution in [0.5, 0.6) is 0 Å². The van der Waals surface area contributed by atoms with Crippen LogP contribution in [-0.4, -0.2) is 40.8 Å². The standard InChI is InChI=1S/C18H21N3O4/c22-15-4-8-21(9-5-15)11-18(23)20-16-6-10-24-13-17(16)25-12-14-3-1-2-7-19-14/h1-5,7-9,16-17H,6,10-13H2,(H,20,23)/t16-,17-/m1/s1. The van der Waals surface area contributed by atoms with E-state index in [1.807, 2.05) is 18.2 Å². The molecular formula is C18H21N3O4. The third-order valence-corrected chi connectivity index (χ3v) is 4.01. The SMILES string of the molecule is O=C(Cn1ccc(=O)cc1)N[C@@H]1CCOC[C@H]1OCc1ccccn1. The molecule has 132 valence electrons. The molecule has 7 heteroatoms. The summed E-state index contributed by atoms with van der Waals surface area (Å²) in [5.74, 6) is -0.123. The largest absolute Gasteiger partial charge is 0.379 e. The maximum absolute atomic E-state index is 12.3. The molecule has 3 heterocycles. The second-order valence-corrected chi connectivity index (χ2v) is 5.91. The smallest absolute Gasteiger partial charge is 0.240 e. The molecule has 1 aliphatic heterocycles. The van der Waals surface area contributed by atoms with Crippen molar-refractivity contribution in [1.82, 2.24) is 14.9 Å². The summed E-state index contributed by atoms with van der Waals surface area (Å²) < 4.78 is 13.0. The van der Waals surface area contributed by atoms with Gasteiger partial charge < -0.3 is 19.4 Å². The van der Waals surface area contributed by atoms with Gasteiger partial charge in [0, 0.05) is 37.3 Å². The zero-order chi connectivity index (χ0) is 17.5. The number of hydrogen-bond donors (Lipinski definition) is 1. The van der Waals surface area contributed by atoms with Crippen molar-refractivity contribution in [3.05, 3.63) is 64.8 Å². The summed E-state index contributed by atoms with van der Waals surface area (Å²) in [6.07, 6.45) is 5.40. The monoisotopic (exact) mass is 343 g/mol. The number of rotatable bonds is 6. The second-order valence-electron chi connectivity index (χ2n) is 5.91. The van der Waals surface area contributed by atoms with Gasteiger partial charge in [-0.15, -0.1) is 0 Å². The van der Waals surface area contributed by atoms with Crippen molar-refractivity contribution in [3.8, 4) is 0 Å². The first-order chi connectivity index (χ1) is 12.2. The van der Waals surface area contributed by atoms with Gasteiger partial charge in [0.2, 0.25) is 5.91 Å². The average molecular weight is 343 g/mol. The Morgan fingerprint density at radius 2 is 2.16 bits per heavy atom. The van der Waals surface area contributed by atoms with Crippen molar-refractivity contribution in [1.29, 1.82) is 0 Å². The number of pyridine rings is 2. The first-order valence-electron chi connectivity index (χ1n) is 8.25. The Kier molecular flexibility index (Phi) is 5.92. The van der Waals surface area contributed by atoms with Crippen LogP contribution >= 0.6 is 0 Å². The highest BCUT2D eigenvalue weighted by Gasteiger charge is 2.28. The summed E-state index contributed by atoms with van der Waals surface area (Å²) in [6.45, 7) is 1.56. The second kappa shape index (κ2) is 8.55. The lowest BCUT2D eigenvalue weighted by Gasteiger charge is -2.32. The summed E-state index contributed by atoms with van der Waals surface area (Å²) in [4.78, 5) is 27.6. The van der Waals surface area contributed by atoms with E-state index < -0.39 is 0 Å². The zero-order valence-electron chi connectivity index (χ0n) is 13.8. The summed E-state index contributed by atoms with van der Waals surface area (Å²) >= 11 is 0. The number of carbonyl (C=O) groups excluding carboxylic acids is 1. The van der Waals surface area contributed by atoms with Crippen LogP contribution in [0.1, 0.15) is 12.1 Å². The number of ether oxygens (including phenoxy) is 2. The van der Waals surface area contributed by atoms with Gasteiger partial charge in [0.25, 0.3) is 0 Å². The van der Waals surface area contributed by atoms with Gasteiger partial charge in [0.15, 0.2) is 5.43 Å². The first kappa shape index (κ1) is 17.3. The van der Waals surface area contributed by atoms with Gasteiger partial charge >= 0.3 is 0 Å². The van der Waals surface area contributed by atoms with E-state index in [0.717, 1.165) is 5.69 Å². The lowest BCUT2D eigenvalue weighted by molar-refractivity contribution is -0.127. The summed E-state index contributed by atoms with van der Waals surface area (Å²) in [7, 11) is 0. The first-order valence-corrected chi connectivity index (χ1v) is 8.25. The number of amides is 1. The van der Waals surface area contributed by atoms with E-state index in [9.17, 15) is 9.59 Å². The molecule has 0 aromatic carbocycles. The Balaban J connectivity index is 1.54. The van der Waals surface area contributed by atoms with Crippen LogP contribution in [0.15, 0.2) is 53.7 Å². The van der Waals surface area contributed by atoms with Crippen molar-refractivity contribution in [2.45, 2.75) is 31.7 Å². The number of nitrogens with one attached hydrogen (secondary N) is 1. The third kappa shape index (κ3) is 5.23. The van der Waals surface area contributed by atoms with Gasteiger partial charge in [0.05, 0.1) is 24.9 Å². The van der Waals surface area contributed by atoms with Gasteiger partial charge in [-0.3, -0.25) is 14.6 Å². The fourth-order valence-corrected chi connectivity index (χ4v) is 2.68. The van der Waals surface area contributed by atoms with Gasteiger partial charge in [0.1, 0.15) is 12.6 Å². The molecule has 1 N–H and O–H groups in total. The molecule has 3 rings (SSSR count). The van der Waals surface area contributed by atoms with Gasteiger partial charge in [-0.2, -0.15) is 0 Å². The lowest BCUT2D eigenvalue weighted by Crippen LogP contribution is -2.50. The van der Waals surface area contributed by atoms with E-state index in [4.69, 9.17) is 9.47 Å². The van der Waals surface area contributed by atoms with Crippen molar-refractivity contribution >= 4 is 5.91 Å². The molecule has 2 aromatic heterocycles. The molecule has 7 nitrogen and oxygen atoms in total. The van der Waals surface area contributed by atoms with Gasteiger partial charge in [-0.05, 0) is 18.6 Å². The van der Waals surface area contributed by atoms with E-state index in [1.54, 1.807) is 23.2 Å². The van der Waals surface area contributed by atoms with E-state index in [-0.39, 0.29) is 30.0 Å². The highest BCUT2D eigenvalue weighted by Crippen LogP contribution is 2.13. The number of nitrogens with zero attached hydrogens (tertiary/aromatic N) is 2. The third-order valence-electron chi connectivity index (χ3n) is 4.01. The Morgan fingerprint density at radius 3 is 2.92 bits per heavy atom. The molecule has 0 aliphatic carbocycles. The molecule has 1 aliphatic rings. The van der Waals surface area contributed by atoms with Crippen LogP contribution in [0.4, 0.5) is 0 Å². The summed E-state index contributed by atoms with van der Waals surface area (Å²) in [5, 5.41) is 3.01. The minimum atomic E-state index is -0.214. The Labute approximate surface area is 145 Å². The minimum absolute atomic E-state index is 0.0796. The molecule has 0 saturated carbocycles. The van der Waals surface area contributed by atoms with E-state index in [2.05, 4.69) is 10.3 Å². The van der Waals surface area contributed by atoms with E-state index in [0.29, 0.717) is 26.2 Å². The Morgan fingerprint density at radius 1 is 1.32 bits per heavy atom. The molecule has 2 aromatic rings. The zero-order valence-corrected chi connectivity index (χ0v) is 13.8. The normalized spacial score (nSPS) is 20.2. The van der Waals surface area contributed by atoms with Crippen LogP contribution < -0.4 is 10.7 Å². The Hall–Kier alpha value is -2.51. The topological polar surface area (TPSA) is 82.5 Å². The quantitative estimate of drug-likeness (QED) is 0.836. The molecule has 0 unspecified atom stereocenters. The predicted octanol–water partition coefficient (Wildman–Crippen LogP) is 0.734. The van der Waals surface area contributed by atoms with Crippen LogP contribution in [0.25, 0.3) is 0 Å². The maximum atomic E-state index is 12.3. The van der Waals surface area contributed by atoms with E-state index in [1.165, 1.54) is 12.1 Å². The molecular weight excluding hydrogens is 322 g/mol. The molecule has 0 spiro atoms. The van der Waals surface area contributed by atoms with E-state index >= 15 is 0 Å². The van der Waals surface area contributed by atoms with Crippen molar-refractivity contribution < 1.29 is 14.3 Å². The van der Waals surface area contributed by atoms with Crippen LogP contribution in [0.3, 0.4) is 0 Å². The molecule has 25 heavy (non-hydrogen) atoms. The molecule has 1 saturated heterocycles. The van der Waals surface area contributed by atoms with Crippen molar-refractivity contribution in [2.24, 2.45) is 0 Å². The molecule has 1 amide bonds. The highest BCUT2D eigenvalue weighted by atomic mass is 16.5. The maximum Gasteiger partial charge on any atom is 0.240 e. The fraction of sp³-hybridized carbons (Fsp3) is 0.389. The highest BCUT2D eigenvalue weighted by molar-refractivity contribution is 5.76. The lowest BCUT2D eigenvalue weighted by atomic mass is 10.1. The van der Waals surface area contributed by atoms with Crippen LogP contribution in [0.2, 0.25) is 0 Å². The molecule has 0 radical (unpaired) electrons. The summed E-state index contributed by atoms with van der Waals surface area (Å²) in [5.41, 5.74) is 0.760. The van der Waals surface area contributed by atoms with Crippen LogP contribution in [0, 0.1) is 0 Å². The summed E-state index contributed by atoms with van der Waals surface area (Å²) in [6, 6.07) is 8.42. The van der Waals surface area contributed by atoms with Crippen molar-refractivity contribution in [2.75, 3.05) is 13.2 Å². The molecule has 0 bridgehead atoms.